The van der Waals surface area contributed by atoms with E-state index in [-0.39, 0.29) is 11.7 Å². The van der Waals surface area contributed by atoms with Gasteiger partial charge in [-0.2, -0.15) is 0 Å². The Kier molecular flexibility index (Phi) is 8.59. The first kappa shape index (κ1) is 27.9. The summed E-state index contributed by atoms with van der Waals surface area (Å²) in [6.07, 6.45) is 7.86. The van der Waals surface area contributed by atoms with Crippen LogP contribution in [-0.4, -0.2) is 54.4 Å². The van der Waals surface area contributed by atoms with E-state index in [0.717, 1.165) is 65.6 Å². The van der Waals surface area contributed by atoms with E-state index in [0.29, 0.717) is 30.6 Å². The number of pyridine rings is 2. The van der Waals surface area contributed by atoms with Gasteiger partial charge in [0.2, 0.25) is 0 Å². The number of amides is 1. The molecule has 1 atom stereocenters. The highest BCUT2D eigenvalue weighted by Crippen LogP contribution is 2.37. The van der Waals surface area contributed by atoms with Crippen molar-refractivity contribution in [2.45, 2.75) is 32.9 Å². The molecule has 41 heavy (non-hydrogen) atoms. The zero-order valence-electron chi connectivity index (χ0n) is 23.5. The van der Waals surface area contributed by atoms with Crippen molar-refractivity contribution in [3.05, 3.63) is 89.5 Å². The van der Waals surface area contributed by atoms with Crippen LogP contribution in [0.2, 0.25) is 0 Å². The van der Waals surface area contributed by atoms with Crippen LogP contribution in [0.15, 0.2) is 72.3 Å². The van der Waals surface area contributed by atoms with Crippen LogP contribution in [0.25, 0.3) is 5.57 Å². The van der Waals surface area contributed by atoms with Crippen LogP contribution in [0.3, 0.4) is 0 Å². The van der Waals surface area contributed by atoms with Gasteiger partial charge in [0.25, 0.3) is 5.91 Å². The fourth-order valence-corrected chi connectivity index (χ4v) is 5.01. The van der Waals surface area contributed by atoms with Crippen LogP contribution < -0.4 is 31.3 Å². The lowest BCUT2D eigenvalue weighted by Crippen LogP contribution is -2.49. The number of anilines is 3. The van der Waals surface area contributed by atoms with E-state index in [4.69, 9.17) is 10.5 Å². The number of nitrogens with zero attached hydrogens (tertiary/aromatic N) is 4. The Balaban J connectivity index is 1.23. The summed E-state index contributed by atoms with van der Waals surface area (Å²) in [6.45, 7) is 11.7. The topological polar surface area (TPSA) is 130 Å². The molecule has 0 spiro atoms. The molecule has 0 saturated carbocycles. The van der Waals surface area contributed by atoms with Crippen LogP contribution in [-0.2, 0) is 13.0 Å². The molecule has 5 N–H and O–H groups in total. The third-order valence-corrected chi connectivity index (χ3v) is 7.19. The fourth-order valence-electron chi connectivity index (χ4n) is 5.01. The van der Waals surface area contributed by atoms with E-state index in [1.165, 1.54) is 0 Å². The number of nitrogens with one attached hydrogen (secondary N) is 3. The number of fused-ring (bicyclic) bond motifs is 1. The number of ether oxygens (including phenoxy) is 1. The lowest BCUT2D eigenvalue weighted by Gasteiger charge is -2.35. The van der Waals surface area contributed by atoms with Crippen LogP contribution in [0.4, 0.5) is 17.3 Å². The van der Waals surface area contributed by atoms with E-state index < -0.39 is 0 Å². The Labute approximate surface area is 240 Å². The Hall–Kier alpha value is -4.70. The summed E-state index contributed by atoms with van der Waals surface area (Å²) in [4.78, 5) is 28.5. The SMILES string of the molecule is C=C(N)N=C/C=C(\C)c1cnc(NCc2cccc(C(=O)Nc3ccc(N4CCNCC4C)cn3)c2)c2c1OCC2. The number of allylic oxidation sites excluding steroid dienone is 2. The molecule has 3 aromatic rings. The number of carbonyl (C=O) groups is 1. The molecule has 0 aliphatic carbocycles. The van der Waals surface area contributed by atoms with Gasteiger partial charge >= 0.3 is 0 Å². The van der Waals surface area contributed by atoms with Gasteiger partial charge in [-0.25, -0.2) is 15.0 Å². The standard InChI is InChI=1S/C31H36N8O2/c1-20(9-11-34-22(3)32)27-19-37-30(26-10-14-41-29(26)27)36-17-23-5-4-6-24(15-23)31(40)38-28-8-7-25(18-35-28)39-13-12-33-16-21(39)2/h4-9,11,15,18-19,21,33H,3,10,12-14,16-17,32H2,1-2H3,(H,36,37)(H,35,38,40)/b20-9+,34-11?. The second-order valence-corrected chi connectivity index (χ2v) is 10.2. The van der Waals surface area contributed by atoms with Crippen LogP contribution in [0.1, 0.15) is 40.9 Å². The number of aliphatic imine (C=N–C) groups is 1. The number of nitrogens with two attached hydrogens (primary N) is 1. The minimum Gasteiger partial charge on any atom is -0.492 e. The summed E-state index contributed by atoms with van der Waals surface area (Å²) < 4.78 is 5.95. The average Bonchev–Trinajstić information content (AvgIpc) is 3.47. The van der Waals surface area contributed by atoms with Crippen molar-refractivity contribution in [2.75, 3.05) is 41.8 Å². The molecule has 10 heteroatoms. The Morgan fingerprint density at radius 2 is 2.17 bits per heavy atom. The van der Waals surface area contributed by atoms with Gasteiger partial charge in [0.05, 0.1) is 18.5 Å². The molecule has 2 aromatic heterocycles. The molecule has 1 fully saturated rings. The van der Waals surface area contributed by atoms with Crippen molar-refractivity contribution >= 4 is 35.0 Å². The number of piperazine rings is 1. The summed E-state index contributed by atoms with van der Waals surface area (Å²) in [5, 5.41) is 9.73. The molecule has 4 heterocycles. The van der Waals surface area contributed by atoms with Crippen LogP contribution in [0.5, 0.6) is 5.75 Å². The van der Waals surface area contributed by atoms with Gasteiger partial charge in [-0.15, -0.1) is 0 Å². The van der Waals surface area contributed by atoms with Crippen molar-refractivity contribution in [1.82, 2.24) is 15.3 Å². The zero-order chi connectivity index (χ0) is 28.8. The number of rotatable bonds is 9. The first-order chi connectivity index (χ1) is 19.9. The quantitative estimate of drug-likeness (QED) is 0.294. The third-order valence-electron chi connectivity index (χ3n) is 7.19. The van der Waals surface area contributed by atoms with Crippen molar-refractivity contribution in [1.29, 1.82) is 0 Å². The molecule has 1 aromatic carbocycles. The Morgan fingerprint density at radius 1 is 1.29 bits per heavy atom. The average molecular weight is 553 g/mol. The first-order valence-corrected chi connectivity index (χ1v) is 13.8. The lowest BCUT2D eigenvalue weighted by atomic mass is 10.0. The number of hydrogen-bond donors (Lipinski definition) is 4. The molecular formula is C31H36N8O2. The summed E-state index contributed by atoms with van der Waals surface area (Å²) in [5.74, 6) is 2.17. The van der Waals surface area contributed by atoms with Gasteiger partial charge < -0.3 is 31.3 Å². The van der Waals surface area contributed by atoms with Crippen molar-refractivity contribution in [3.63, 3.8) is 0 Å². The maximum atomic E-state index is 13.0. The second-order valence-electron chi connectivity index (χ2n) is 10.2. The van der Waals surface area contributed by atoms with Gasteiger partial charge in [0.15, 0.2) is 0 Å². The number of hydrogen-bond acceptors (Lipinski definition) is 9. The highest BCUT2D eigenvalue weighted by Gasteiger charge is 2.22. The van der Waals surface area contributed by atoms with E-state index in [1.807, 2.05) is 49.5 Å². The first-order valence-electron chi connectivity index (χ1n) is 13.8. The van der Waals surface area contributed by atoms with Gasteiger partial charge in [-0.1, -0.05) is 18.7 Å². The summed E-state index contributed by atoms with van der Waals surface area (Å²) in [5.41, 5.74) is 11.0. The Bertz CT molecular complexity index is 1480. The number of benzene rings is 1. The normalized spacial score (nSPS) is 16.8. The molecule has 1 saturated heterocycles. The lowest BCUT2D eigenvalue weighted by molar-refractivity contribution is 0.102. The molecule has 2 aliphatic rings. The van der Waals surface area contributed by atoms with Gasteiger partial charge in [0, 0.05) is 67.7 Å². The summed E-state index contributed by atoms with van der Waals surface area (Å²) in [7, 11) is 0. The molecule has 2 aliphatic heterocycles. The highest BCUT2D eigenvalue weighted by atomic mass is 16.5. The third kappa shape index (κ3) is 6.72. The molecule has 5 rings (SSSR count). The predicted octanol–water partition coefficient (Wildman–Crippen LogP) is 3.98. The predicted molar refractivity (Wildman–Crippen MR) is 165 cm³/mol. The molecule has 1 unspecified atom stereocenters. The minimum absolute atomic E-state index is 0.205. The van der Waals surface area contributed by atoms with E-state index in [9.17, 15) is 4.79 Å². The van der Waals surface area contributed by atoms with Gasteiger partial charge in [-0.3, -0.25) is 4.79 Å². The van der Waals surface area contributed by atoms with E-state index >= 15 is 0 Å². The van der Waals surface area contributed by atoms with Crippen molar-refractivity contribution in [2.24, 2.45) is 10.7 Å². The van der Waals surface area contributed by atoms with E-state index in [1.54, 1.807) is 18.5 Å². The molecule has 1 amide bonds. The Morgan fingerprint density at radius 3 is 2.95 bits per heavy atom. The maximum absolute atomic E-state index is 13.0. The molecule has 0 bridgehead atoms. The molecule has 212 valence electrons. The van der Waals surface area contributed by atoms with E-state index in [2.05, 4.69) is 49.3 Å². The molecule has 0 radical (unpaired) electrons. The van der Waals surface area contributed by atoms with Gasteiger partial charge in [0.1, 0.15) is 23.2 Å². The smallest absolute Gasteiger partial charge is 0.256 e. The molecule has 10 nitrogen and oxygen atoms in total. The van der Waals surface area contributed by atoms with Crippen LogP contribution >= 0.6 is 0 Å². The van der Waals surface area contributed by atoms with Crippen molar-refractivity contribution < 1.29 is 9.53 Å². The minimum atomic E-state index is -0.205. The monoisotopic (exact) mass is 552 g/mol. The maximum Gasteiger partial charge on any atom is 0.256 e. The largest absolute Gasteiger partial charge is 0.492 e. The highest BCUT2D eigenvalue weighted by molar-refractivity contribution is 6.03. The van der Waals surface area contributed by atoms with Crippen LogP contribution in [0, 0.1) is 0 Å². The fraction of sp³-hybridized carbons (Fsp3) is 0.290. The zero-order valence-corrected chi connectivity index (χ0v) is 23.5. The van der Waals surface area contributed by atoms with Crippen molar-refractivity contribution in [3.8, 4) is 5.75 Å². The number of aromatic nitrogens is 2. The molecular weight excluding hydrogens is 516 g/mol. The van der Waals surface area contributed by atoms with Gasteiger partial charge in [-0.05, 0) is 55.3 Å². The summed E-state index contributed by atoms with van der Waals surface area (Å²) >= 11 is 0. The second kappa shape index (κ2) is 12.6. The summed E-state index contributed by atoms with van der Waals surface area (Å²) in [6, 6.07) is 11.8. The number of carbonyl (C=O) groups excluding carboxylic acids is 1.